The Kier molecular flexibility index (Phi) is 5.27. The Hall–Kier alpha value is -2.00. The van der Waals surface area contributed by atoms with Gasteiger partial charge in [0.15, 0.2) is 0 Å². The number of nitrogen functional groups attached to an aromatic ring is 1. The first-order valence-corrected chi connectivity index (χ1v) is 9.95. The summed E-state index contributed by atoms with van der Waals surface area (Å²) in [6.45, 7) is -1.02. The minimum Gasteiger partial charge on any atom is -0.387 e. The van der Waals surface area contributed by atoms with Crippen LogP contribution in [-0.2, 0) is 22.7 Å². The molecule has 0 radical (unpaired) electrons. The molecule has 13 nitrogen and oxygen atoms in total. The molecule has 5 atom stereocenters. The second-order valence-corrected chi connectivity index (χ2v) is 7.93. The highest BCUT2D eigenvalue weighted by Crippen LogP contribution is 2.52. The quantitative estimate of drug-likeness (QED) is 0.458. The molecular formula is C12H14N5O8P2+. The fraction of sp³-hybridized carbons (Fsp3) is 0.417. The minimum atomic E-state index is -4.93. The molecule has 27 heavy (non-hydrogen) atoms. The van der Waals surface area contributed by atoms with Crippen molar-refractivity contribution in [1.82, 2.24) is 14.5 Å². The molecule has 5 unspecified atom stereocenters. The van der Waals surface area contributed by atoms with Gasteiger partial charge in [0.2, 0.25) is 5.60 Å². The SMILES string of the molecule is N#CC1(COP(=O)(O)O[P+](=O)O)OCC(n2ccc3c(N)ncnc32)C1O. The number of hydrogen-bond acceptors (Lipinski definition) is 10. The van der Waals surface area contributed by atoms with Gasteiger partial charge in [-0.15, -0.1) is 4.89 Å². The van der Waals surface area contributed by atoms with E-state index in [9.17, 15) is 24.4 Å². The van der Waals surface area contributed by atoms with Crippen molar-refractivity contribution in [3.63, 3.8) is 0 Å². The molecular weight excluding hydrogens is 404 g/mol. The van der Waals surface area contributed by atoms with Gasteiger partial charge in [0, 0.05) is 10.8 Å². The molecule has 0 spiro atoms. The van der Waals surface area contributed by atoms with Crippen molar-refractivity contribution >= 4 is 32.9 Å². The van der Waals surface area contributed by atoms with Crippen LogP contribution in [0.3, 0.4) is 0 Å². The number of aliphatic hydroxyl groups excluding tert-OH is 1. The van der Waals surface area contributed by atoms with Gasteiger partial charge < -0.3 is 20.1 Å². The van der Waals surface area contributed by atoms with Crippen LogP contribution in [0.15, 0.2) is 18.6 Å². The number of aromatic nitrogens is 3. The van der Waals surface area contributed by atoms with Gasteiger partial charge in [-0.1, -0.05) is 0 Å². The lowest BCUT2D eigenvalue weighted by Crippen LogP contribution is -2.44. The molecule has 144 valence electrons. The van der Waals surface area contributed by atoms with E-state index >= 15 is 0 Å². The van der Waals surface area contributed by atoms with Crippen molar-refractivity contribution in [2.24, 2.45) is 0 Å². The zero-order valence-corrected chi connectivity index (χ0v) is 15.2. The largest absolute Gasteiger partial charge is 0.705 e. The number of aliphatic hydroxyl groups is 1. The molecule has 0 aromatic carbocycles. The van der Waals surface area contributed by atoms with Crippen molar-refractivity contribution in [3.05, 3.63) is 18.6 Å². The molecule has 5 N–H and O–H groups in total. The van der Waals surface area contributed by atoms with E-state index in [2.05, 4.69) is 18.8 Å². The maximum absolute atomic E-state index is 11.6. The van der Waals surface area contributed by atoms with Crippen LogP contribution in [0.2, 0.25) is 0 Å². The molecule has 1 aliphatic heterocycles. The molecule has 0 saturated carbocycles. The van der Waals surface area contributed by atoms with Gasteiger partial charge in [-0.25, -0.2) is 14.5 Å². The van der Waals surface area contributed by atoms with Crippen molar-refractivity contribution in [2.75, 3.05) is 18.9 Å². The Morgan fingerprint density at radius 3 is 3.00 bits per heavy atom. The van der Waals surface area contributed by atoms with E-state index in [0.717, 1.165) is 0 Å². The van der Waals surface area contributed by atoms with Gasteiger partial charge in [0.25, 0.3) is 0 Å². The Labute approximate surface area is 152 Å². The van der Waals surface area contributed by atoms with Gasteiger partial charge in [0.1, 0.15) is 36.6 Å². The van der Waals surface area contributed by atoms with Crippen LogP contribution in [-0.4, -0.2) is 54.3 Å². The number of hydrogen-bond donors (Lipinski definition) is 4. The van der Waals surface area contributed by atoms with Crippen molar-refractivity contribution in [3.8, 4) is 6.07 Å². The lowest BCUT2D eigenvalue weighted by molar-refractivity contribution is -0.0493. The summed E-state index contributed by atoms with van der Waals surface area (Å²) in [5, 5.41) is 20.6. The normalized spacial score (nSPS) is 28.0. The van der Waals surface area contributed by atoms with Gasteiger partial charge in [-0.2, -0.15) is 5.26 Å². The number of nitrogens with zero attached hydrogens (tertiary/aromatic N) is 4. The second kappa shape index (κ2) is 7.20. The first-order valence-electron chi connectivity index (χ1n) is 7.32. The number of ether oxygens (including phenoxy) is 1. The fourth-order valence-electron chi connectivity index (χ4n) is 2.76. The third kappa shape index (κ3) is 3.70. The summed E-state index contributed by atoms with van der Waals surface area (Å²) in [6, 6.07) is 2.56. The Balaban J connectivity index is 1.84. The van der Waals surface area contributed by atoms with Crippen LogP contribution in [0, 0.1) is 11.3 Å². The number of nitrogens with two attached hydrogens (primary N) is 1. The average molecular weight is 418 g/mol. The van der Waals surface area contributed by atoms with Crippen LogP contribution in [0.5, 0.6) is 0 Å². The maximum atomic E-state index is 11.6. The highest BCUT2D eigenvalue weighted by molar-refractivity contribution is 7.55. The summed E-state index contributed by atoms with van der Waals surface area (Å²) in [7, 11) is -8.34. The molecule has 2 aromatic heterocycles. The molecule has 15 heteroatoms. The number of fused-ring (bicyclic) bond motifs is 1. The molecule has 3 heterocycles. The molecule has 0 amide bonds. The topological polar surface area (TPSA) is 203 Å². The van der Waals surface area contributed by atoms with E-state index in [1.54, 1.807) is 18.3 Å². The number of phosphoric acid groups is 1. The summed E-state index contributed by atoms with van der Waals surface area (Å²) < 4.78 is 37.4. The maximum Gasteiger partial charge on any atom is 0.705 e. The molecule has 0 aliphatic carbocycles. The Bertz CT molecular complexity index is 976. The highest BCUT2D eigenvalue weighted by atomic mass is 31.2. The van der Waals surface area contributed by atoms with Crippen molar-refractivity contribution in [1.29, 1.82) is 5.26 Å². The number of nitriles is 1. The van der Waals surface area contributed by atoms with Gasteiger partial charge >= 0.3 is 16.1 Å². The monoisotopic (exact) mass is 418 g/mol. The predicted octanol–water partition coefficient (Wildman–Crippen LogP) is -0.00862. The fourth-order valence-corrected chi connectivity index (χ4v) is 4.01. The predicted molar refractivity (Wildman–Crippen MR) is 88.0 cm³/mol. The number of phosphoric ester groups is 1. The van der Waals surface area contributed by atoms with Crippen LogP contribution >= 0.6 is 16.1 Å². The Morgan fingerprint density at radius 1 is 1.59 bits per heavy atom. The molecule has 1 saturated heterocycles. The van der Waals surface area contributed by atoms with Crippen LogP contribution in [0.1, 0.15) is 6.04 Å². The lowest BCUT2D eigenvalue weighted by atomic mass is 9.97. The third-order valence-corrected chi connectivity index (χ3v) is 5.90. The molecule has 1 fully saturated rings. The lowest BCUT2D eigenvalue weighted by Gasteiger charge is -2.25. The molecule has 1 aliphatic rings. The summed E-state index contributed by atoms with van der Waals surface area (Å²) in [4.78, 5) is 25.9. The number of anilines is 1. The van der Waals surface area contributed by atoms with Crippen molar-refractivity contribution < 1.29 is 37.6 Å². The zero-order valence-electron chi connectivity index (χ0n) is 13.4. The average Bonchev–Trinajstić information content (AvgIpc) is 3.15. The smallest absolute Gasteiger partial charge is 0.387 e. The van der Waals surface area contributed by atoms with E-state index in [1.807, 2.05) is 0 Å². The number of rotatable bonds is 6. The third-order valence-electron chi connectivity index (χ3n) is 4.06. The van der Waals surface area contributed by atoms with E-state index in [-0.39, 0.29) is 12.4 Å². The van der Waals surface area contributed by atoms with Gasteiger partial charge in [0.05, 0.1) is 18.0 Å². The minimum absolute atomic E-state index is 0.142. The molecule has 0 bridgehead atoms. The highest BCUT2D eigenvalue weighted by Gasteiger charge is 2.53. The molecule has 3 rings (SSSR count). The molecule has 2 aromatic rings. The summed E-state index contributed by atoms with van der Waals surface area (Å²) in [6.07, 6.45) is 1.33. The van der Waals surface area contributed by atoms with Crippen LogP contribution in [0.4, 0.5) is 5.82 Å². The van der Waals surface area contributed by atoms with Crippen LogP contribution < -0.4 is 5.73 Å². The Morgan fingerprint density at radius 2 is 2.33 bits per heavy atom. The van der Waals surface area contributed by atoms with E-state index in [1.165, 1.54) is 10.9 Å². The van der Waals surface area contributed by atoms with Gasteiger partial charge in [-0.3, -0.25) is 9.42 Å². The van der Waals surface area contributed by atoms with E-state index in [4.69, 9.17) is 15.4 Å². The van der Waals surface area contributed by atoms with Crippen molar-refractivity contribution in [2.45, 2.75) is 17.7 Å². The standard InChI is InChI=1S/C12H13N5O8P2/c13-4-12(5-24-27(21,22)25-26(19)20)9(18)8(3-23-12)17-2-1-7-10(14)15-6-16-11(7)17/h1-2,6,8-9,18H,3,5H2,(H3-,14,15,16,19,20,21,22)/p+1. The zero-order chi connectivity index (χ0) is 19.8. The second-order valence-electron chi connectivity index (χ2n) is 5.61. The first kappa shape index (κ1) is 19.8. The summed E-state index contributed by atoms with van der Waals surface area (Å²) >= 11 is 0. The van der Waals surface area contributed by atoms with Crippen LogP contribution in [0.25, 0.3) is 11.0 Å². The summed E-state index contributed by atoms with van der Waals surface area (Å²) in [5.74, 6) is 0.235. The van der Waals surface area contributed by atoms with E-state index < -0.39 is 40.4 Å². The van der Waals surface area contributed by atoms with Gasteiger partial charge in [-0.05, 0) is 10.4 Å². The first-order chi connectivity index (χ1) is 12.7. The summed E-state index contributed by atoms with van der Waals surface area (Å²) in [5.41, 5.74) is 4.16. The van der Waals surface area contributed by atoms with E-state index in [0.29, 0.717) is 11.0 Å².